The average Bonchev–Trinajstić information content (AvgIpc) is 3.33. The van der Waals surface area contributed by atoms with Crippen molar-refractivity contribution in [3.63, 3.8) is 0 Å². The van der Waals surface area contributed by atoms with E-state index in [1.807, 2.05) is 0 Å². The highest BCUT2D eigenvalue weighted by molar-refractivity contribution is 5.76. The molecular formula is C27H29N5. The summed E-state index contributed by atoms with van der Waals surface area (Å²) in [5, 5.41) is 0. The number of nitrogens with zero attached hydrogens (tertiary/aromatic N) is 5. The van der Waals surface area contributed by atoms with Crippen LogP contribution in [0, 0.1) is 0 Å². The largest absolute Gasteiger partial charge is 0.331 e. The quantitative estimate of drug-likeness (QED) is 0.362. The molecule has 0 aliphatic heterocycles. The first-order valence-electron chi connectivity index (χ1n) is 11.3. The fraction of sp³-hybridized carbons (Fsp3) is 0.259. The molecule has 162 valence electrons. The van der Waals surface area contributed by atoms with Crippen LogP contribution in [0.3, 0.4) is 0 Å². The van der Waals surface area contributed by atoms with Crippen LogP contribution >= 0.6 is 0 Å². The lowest BCUT2D eigenvalue weighted by Gasteiger charge is -2.22. The highest BCUT2D eigenvalue weighted by Gasteiger charge is 2.13. The summed E-state index contributed by atoms with van der Waals surface area (Å²) in [4.78, 5) is 12.3. The molecule has 5 rings (SSSR count). The van der Waals surface area contributed by atoms with Crippen molar-refractivity contribution in [1.82, 2.24) is 24.0 Å². The lowest BCUT2D eigenvalue weighted by atomic mass is 10.2. The predicted octanol–water partition coefficient (Wildman–Crippen LogP) is 4.75. The van der Waals surface area contributed by atoms with Crippen LogP contribution in [0.1, 0.15) is 17.2 Å². The maximum atomic E-state index is 4.87. The number of aromatic nitrogens is 4. The number of hydrogen-bond donors (Lipinski definition) is 0. The van der Waals surface area contributed by atoms with E-state index in [9.17, 15) is 0 Å². The van der Waals surface area contributed by atoms with Crippen LogP contribution in [0.15, 0.2) is 78.9 Å². The van der Waals surface area contributed by atoms with Crippen LogP contribution in [0.2, 0.25) is 0 Å². The zero-order valence-corrected chi connectivity index (χ0v) is 18.8. The van der Waals surface area contributed by atoms with Crippen molar-refractivity contribution in [2.45, 2.75) is 19.4 Å². The van der Waals surface area contributed by atoms with E-state index in [4.69, 9.17) is 9.97 Å². The minimum absolute atomic E-state index is 0.917. The standard InChI is InChI=1S/C27H29N5/c1-30-24-14-8-6-12-22(24)28-26(30)16-18-32(20-21-10-4-3-5-11-21)19-17-27-29-23-13-7-9-15-25(23)31(27)2/h3-15H,16-20H2,1-2H3. The molecule has 2 heterocycles. The molecule has 5 nitrogen and oxygen atoms in total. The summed E-state index contributed by atoms with van der Waals surface area (Å²) in [7, 11) is 4.23. The van der Waals surface area contributed by atoms with Gasteiger partial charge in [0, 0.05) is 46.6 Å². The summed E-state index contributed by atoms with van der Waals surface area (Å²) < 4.78 is 4.45. The molecule has 0 atom stereocenters. The Balaban J connectivity index is 1.33. The molecule has 5 aromatic rings. The zero-order valence-electron chi connectivity index (χ0n) is 18.8. The highest BCUT2D eigenvalue weighted by Crippen LogP contribution is 2.17. The number of hydrogen-bond acceptors (Lipinski definition) is 3. The van der Waals surface area contributed by atoms with Gasteiger partial charge in [0.05, 0.1) is 22.1 Å². The van der Waals surface area contributed by atoms with Gasteiger partial charge < -0.3 is 9.13 Å². The van der Waals surface area contributed by atoms with Crippen LogP contribution in [0.25, 0.3) is 22.1 Å². The third-order valence-electron chi connectivity index (χ3n) is 6.31. The van der Waals surface area contributed by atoms with Crippen molar-refractivity contribution in [2.75, 3.05) is 13.1 Å². The van der Waals surface area contributed by atoms with Crippen LogP contribution in [0.5, 0.6) is 0 Å². The Hall–Kier alpha value is -3.44. The van der Waals surface area contributed by atoms with Crippen molar-refractivity contribution < 1.29 is 0 Å². The summed E-state index contributed by atoms with van der Waals surface area (Å²) in [6.45, 7) is 2.83. The van der Waals surface area contributed by atoms with E-state index in [2.05, 4.69) is 107 Å². The Bertz CT molecular complexity index is 1250. The Morgan fingerprint density at radius 3 is 1.59 bits per heavy atom. The molecule has 0 unspecified atom stereocenters. The molecule has 2 aromatic heterocycles. The van der Waals surface area contributed by atoms with Crippen molar-refractivity contribution in [3.05, 3.63) is 96.1 Å². The third-order valence-corrected chi connectivity index (χ3v) is 6.31. The first kappa shape index (κ1) is 20.5. The number of rotatable bonds is 8. The smallest absolute Gasteiger partial charge is 0.110 e. The molecule has 0 N–H and O–H groups in total. The van der Waals surface area contributed by atoms with E-state index in [1.54, 1.807) is 0 Å². The lowest BCUT2D eigenvalue weighted by molar-refractivity contribution is 0.267. The maximum Gasteiger partial charge on any atom is 0.110 e. The Kier molecular flexibility index (Phi) is 5.73. The Labute approximate surface area is 189 Å². The van der Waals surface area contributed by atoms with Gasteiger partial charge in [-0.1, -0.05) is 54.6 Å². The molecule has 0 amide bonds. The van der Waals surface area contributed by atoms with E-state index < -0.39 is 0 Å². The molecule has 5 heteroatoms. The molecule has 0 spiro atoms. The fourth-order valence-corrected chi connectivity index (χ4v) is 4.47. The molecular weight excluding hydrogens is 394 g/mol. The van der Waals surface area contributed by atoms with Crippen LogP contribution < -0.4 is 0 Å². The number of para-hydroxylation sites is 4. The van der Waals surface area contributed by atoms with Gasteiger partial charge >= 0.3 is 0 Å². The molecule has 0 saturated heterocycles. The normalized spacial score (nSPS) is 11.7. The average molecular weight is 424 g/mol. The Morgan fingerprint density at radius 1 is 0.625 bits per heavy atom. The molecule has 0 saturated carbocycles. The third kappa shape index (κ3) is 4.16. The van der Waals surface area contributed by atoms with E-state index in [-0.39, 0.29) is 0 Å². The van der Waals surface area contributed by atoms with Gasteiger partial charge in [-0.2, -0.15) is 0 Å². The first-order chi connectivity index (χ1) is 15.7. The second kappa shape index (κ2) is 8.97. The summed E-state index contributed by atoms with van der Waals surface area (Å²) in [5.41, 5.74) is 5.86. The van der Waals surface area contributed by atoms with Gasteiger partial charge in [0.1, 0.15) is 11.6 Å². The van der Waals surface area contributed by atoms with E-state index in [0.717, 1.165) is 55.2 Å². The number of benzene rings is 3. The van der Waals surface area contributed by atoms with E-state index in [0.29, 0.717) is 0 Å². The zero-order chi connectivity index (χ0) is 21.9. The monoisotopic (exact) mass is 423 g/mol. The van der Waals surface area contributed by atoms with Gasteiger partial charge in [-0.05, 0) is 29.8 Å². The van der Waals surface area contributed by atoms with Crippen molar-refractivity contribution >= 4 is 22.1 Å². The molecule has 3 aromatic carbocycles. The topological polar surface area (TPSA) is 38.9 Å². The van der Waals surface area contributed by atoms with Crippen molar-refractivity contribution in [1.29, 1.82) is 0 Å². The number of aryl methyl sites for hydroxylation is 2. The summed E-state index contributed by atoms with van der Waals surface area (Å²) >= 11 is 0. The molecule has 0 aliphatic carbocycles. The first-order valence-corrected chi connectivity index (χ1v) is 11.3. The second-order valence-electron chi connectivity index (χ2n) is 8.41. The van der Waals surface area contributed by atoms with Gasteiger partial charge in [0.25, 0.3) is 0 Å². The predicted molar refractivity (Wildman–Crippen MR) is 131 cm³/mol. The van der Waals surface area contributed by atoms with Crippen LogP contribution in [-0.2, 0) is 33.5 Å². The SMILES string of the molecule is Cn1c(CCN(CCc2nc3ccccc3n2C)Cc2ccccc2)nc2ccccc21. The molecule has 32 heavy (non-hydrogen) atoms. The van der Waals surface area contributed by atoms with Gasteiger partial charge in [-0.25, -0.2) is 9.97 Å². The van der Waals surface area contributed by atoms with Gasteiger partial charge in [0.2, 0.25) is 0 Å². The molecule has 0 fully saturated rings. The van der Waals surface area contributed by atoms with Crippen molar-refractivity contribution in [2.24, 2.45) is 14.1 Å². The highest BCUT2D eigenvalue weighted by atomic mass is 15.1. The minimum Gasteiger partial charge on any atom is -0.331 e. The molecule has 0 aliphatic rings. The second-order valence-corrected chi connectivity index (χ2v) is 8.41. The summed E-state index contributed by atoms with van der Waals surface area (Å²) in [6, 6.07) is 27.4. The number of imidazole rings is 2. The van der Waals surface area contributed by atoms with E-state index in [1.165, 1.54) is 16.6 Å². The minimum atomic E-state index is 0.917. The van der Waals surface area contributed by atoms with Crippen molar-refractivity contribution in [3.8, 4) is 0 Å². The molecule has 0 radical (unpaired) electrons. The summed E-state index contributed by atoms with van der Waals surface area (Å²) in [6.07, 6.45) is 1.83. The molecule has 0 bridgehead atoms. The fourth-order valence-electron chi connectivity index (χ4n) is 4.47. The van der Waals surface area contributed by atoms with Crippen LogP contribution in [0.4, 0.5) is 0 Å². The number of fused-ring (bicyclic) bond motifs is 2. The van der Waals surface area contributed by atoms with Gasteiger partial charge in [0.15, 0.2) is 0 Å². The van der Waals surface area contributed by atoms with Gasteiger partial charge in [-0.15, -0.1) is 0 Å². The summed E-state index contributed by atoms with van der Waals surface area (Å²) in [5.74, 6) is 2.26. The van der Waals surface area contributed by atoms with E-state index >= 15 is 0 Å². The van der Waals surface area contributed by atoms with Gasteiger partial charge in [-0.3, -0.25) is 4.90 Å². The van der Waals surface area contributed by atoms with Crippen LogP contribution in [-0.4, -0.2) is 37.1 Å². The Morgan fingerprint density at radius 2 is 1.09 bits per heavy atom. The maximum absolute atomic E-state index is 4.87. The lowest BCUT2D eigenvalue weighted by Crippen LogP contribution is -2.29.